The Morgan fingerprint density at radius 1 is 1.45 bits per heavy atom. The van der Waals surface area contributed by atoms with Crippen LogP contribution in [0.3, 0.4) is 0 Å². The van der Waals surface area contributed by atoms with Gasteiger partial charge < -0.3 is 15.4 Å². The number of nitrogens with zero attached hydrogens (tertiary/aromatic N) is 1. The van der Waals surface area contributed by atoms with Crippen molar-refractivity contribution in [2.45, 2.75) is 6.04 Å². The summed E-state index contributed by atoms with van der Waals surface area (Å²) in [4.78, 5) is 1.81. The molecule has 1 atom stereocenters. The minimum Gasteiger partial charge on any atom is -0.494 e. The molecule has 0 heterocycles. The molecule has 0 bridgehead atoms. The van der Waals surface area contributed by atoms with Gasteiger partial charge in [0.2, 0.25) is 0 Å². The highest BCUT2D eigenvalue weighted by Gasteiger charge is 2.13. The van der Waals surface area contributed by atoms with E-state index in [1.54, 1.807) is 13.1 Å². The van der Waals surface area contributed by atoms with Crippen molar-refractivity contribution in [3.05, 3.63) is 29.6 Å². The van der Waals surface area contributed by atoms with Crippen LogP contribution in [0.15, 0.2) is 18.2 Å². The summed E-state index contributed by atoms with van der Waals surface area (Å²) in [5.41, 5.74) is 6.64. The summed E-state index contributed by atoms with van der Waals surface area (Å²) in [6, 6.07) is 4.19. The first-order valence-corrected chi connectivity index (χ1v) is 8.24. The molecule has 5 nitrogen and oxygen atoms in total. The largest absolute Gasteiger partial charge is 0.494 e. The molecule has 20 heavy (non-hydrogen) atoms. The summed E-state index contributed by atoms with van der Waals surface area (Å²) in [5.74, 6) is -0.210. The van der Waals surface area contributed by atoms with E-state index in [9.17, 15) is 12.8 Å². The van der Waals surface area contributed by atoms with Gasteiger partial charge in [-0.1, -0.05) is 6.07 Å². The number of ether oxygens (including phenoxy) is 1. The Hall–Kier alpha value is -1.18. The summed E-state index contributed by atoms with van der Waals surface area (Å²) in [7, 11) is 0.188. The Balaban J connectivity index is 2.62. The molecule has 0 saturated heterocycles. The molecule has 114 valence electrons. The van der Waals surface area contributed by atoms with E-state index in [-0.39, 0.29) is 17.5 Å². The quantitative estimate of drug-likeness (QED) is 0.807. The zero-order valence-electron chi connectivity index (χ0n) is 12.0. The molecule has 0 spiro atoms. The average molecular weight is 304 g/mol. The summed E-state index contributed by atoms with van der Waals surface area (Å²) in [6.45, 7) is 0.840. The smallest absolute Gasteiger partial charge is 0.165 e. The SMILES string of the molecule is COc1ccc(C(N)CN(C)CCS(C)(=O)=O)cc1F. The van der Waals surface area contributed by atoms with Crippen LogP contribution in [0.4, 0.5) is 4.39 Å². The maximum Gasteiger partial charge on any atom is 0.165 e. The van der Waals surface area contributed by atoms with E-state index < -0.39 is 15.7 Å². The third-order valence-corrected chi connectivity index (χ3v) is 3.88. The zero-order valence-corrected chi connectivity index (χ0v) is 12.8. The van der Waals surface area contributed by atoms with Gasteiger partial charge >= 0.3 is 0 Å². The highest BCUT2D eigenvalue weighted by molar-refractivity contribution is 7.90. The highest BCUT2D eigenvalue weighted by atomic mass is 32.2. The van der Waals surface area contributed by atoms with Gasteiger partial charge in [-0.25, -0.2) is 12.8 Å². The first-order valence-electron chi connectivity index (χ1n) is 6.18. The second kappa shape index (κ2) is 7.01. The second-order valence-corrected chi connectivity index (χ2v) is 7.15. The molecule has 0 aliphatic carbocycles. The number of sulfone groups is 1. The number of hydrogen-bond acceptors (Lipinski definition) is 5. The minimum atomic E-state index is -2.99. The van der Waals surface area contributed by atoms with Gasteiger partial charge in [0.25, 0.3) is 0 Å². The zero-order chi connectivity index (χ0) is 15.3. The number of methoxy groups -OCH3 is 1. The van der Waals surface area contributed by atoms with E-state index in [0.717, 1.165) is 0 Å². The molecule has 1 aromatic carbocycles. The molecule has 1 rings (SSSR count). The molecule has 0 radical (unpaired) electrons. The number of rotatable bonds is 7. The van der Waals surface area contributed by atoms with Gasteiger partial charge in [0.1, 0.15) is 9.84 Å². The van der Waals surface area contributed by atoms with Crippen LogP contribution in [0.25, 0.3) is 0 Å². The van der Waals surface area contributed by atoms with Crippen molar-refractivity contribution in [1.82, 2.24) is 4.90 Å². The molecule has 1 unspecified atom stereocenters. The van der Waals surface area contributed by atoms with E-state index in [0.29, 0.717) is 18.7 Å². The van der Waals surface area contributed by atoms with Crippen LogP contribution < -0.4 is 10.5 Å². The predicted octanol–water partition coefficient (Wildman–Crippen LogP) is 0.810. The molecule has 7 heteroatoms. The molecule has 0 aliphatic heterocycles. The average Bonchev–Trinajstić information content (AvgIpc) is 2.35. The van der Waals surface area contributed by atoms with Crippen LogP contribution in [0.2, 0.25) is 0 Å². The predicted molar refractivity (Wildman–Crippen MR) is 77.1 cm³/mol. The van der Waals surface area contributed by atoms with E-state index >= 15 is 0 Å². The minimum absolute atomic E-state index is 0.0766. The van der Waals surface area contributed by atoms with E-state index in [4.69, 9.17) is 10.5 Å². The molecule has 0 aromatic heterocycles. The fraction of sp³-hybridized carbons (Fsp3) is 0.538. The molecule has 0 aliphatic rings. The van der Waals surface area contributed by atoms with Gasteiger partial charge in [0, 0.05) is 25.4 Å². The third-order valence-electron chi connectivity index (χ3n) is 2.96. The van der Waals surface area contributed by atoms with Crippen molar-refractivity contribution < 1.29 is 17.5 Å². The van der Waals surface area contributed by atoms with Crippen LogP contribution in [0.5, 0.6) is 5.75 Å². The van der Waals surface area contributed by atoms with Crippen molar-refractivity contribution in [1.29, 1.82) is 0 Å². The molecule has 1 aromatic rings. The third kappa shape index (κ3) is 5.44. The number of nitrogens with two attached hydrogens (primary N) is 1. The Morgan fingerprint density at radius 3 is 2.60 bits per heavy atom. The fourth-order valence-electron chi connectivity index (χ4n) is 1.77. The lowest BCUT2D eigenvalue weighted by atomic mass is 10.1. The van der Waals surface area contributed by atoms with Gasteiger partial charge in [-0.2, -0.15) is 0 Å². The molecule has 0 amide bonds. The van der Waals surface area contributed by atoms with Crippen LogP contribution >= 0.6 is 0 Å². The summed E-state index contributed by atoms with van der Waals surface area (Å²) < 4.78 is 40.6. The molecule has 0 fully saturated rings. The number of benzene rings is 1. The first-order chi connectivity index (χ1) is 9.23. The van der Waals surface area contributed by atoms with Crippen LogP contribution in [-0.2, 0) is 9.84 Å². The lowest BCUT2D eigenvalue weighted by Gasteiger charge is -2.21. The number of halogens is 1. The Kier molecular flexibility index (Phi) is 5.91. The highest BCUT2D eigenvalue weighted by Crippen LogP contribution is 2.21. The Labute approximate surface area is 119 Å². The standard InChI is InChI=1S/C13H21FN2O3S/c1-16(6-7-20(3,17)18)9-12(15)10-4-5-13(19-2)11(14)8-10/h4-5,8,12H,6-7,9,15H2,1-3H3. The molecule has 0 saturated carbocycles. The van der Waals surface area contributed by atoms with Crippen LogP contribution in [-0.4, -0.2) is 52.6 Å². The molecule has 2 N–H and O–H groups in total. The second-order valence-electron chi connectivity index (χ2n) is 4.89. The van der Waals surface area contributed by atoms with Gasteiger partial charge in [-0.05, 0) is 24.7 Å². The Bertz CT molecular complexity index is 549. The van der Waals surface area contributed by atoms with Crippen molar-refractivity contribution in [3.8, 4) is 5.75 Å². The van der Waals surface area contributed by atoms with Crippen molar-refractivity contribution >= 4 is 9.84 Å². The summed E-state index contributed by atoms with van der Waals surface area (Å²) in [5, 5.41) is 0. The Morgan fingerprint density at radius 2 is 2.10 bits per heavy atom. The topological polar surface area (TPSA) is 72.6 Å². The van der Waals surface area contributed by atoms with E-state index in [1.165, 1.54) is 25.5 Å². The van der Waals surface area contributed by atoms with Crippen LogP contribution in [0.1, 0.15) is 11.6 Å². The summed E-state index contributed by atoms with van der Waals surface area (Å²) in [6.07, 6.45) is 1.19. The lowest BCUT2D eigenvalue weighted by molar-refractivity contribution is 0.328. The fourth-order valence-corrected chi connectivity index (χ4v) is 2.41. The van der Waals surface area contributed by atoms with Crippen molar-refractivity contribution in [2.24, 2.45) is 5.73 Å². The van der Waals surface area contributed by atoms with E-state index in [1.807, 2.05) is 4.90 Å². The number of hydrogen-bond donors (Lipinski definition) is 1. The molecular weight excluding hydrogens is 283 g/mol. The van der Waals surface area contributed by atoms with Gasteiger partial charge in [-0.3, -0.25) is 0 Å². The maximum atomic E-state index is 13.6. The first kappa shape index (κ1) is 16.9. The maximum absolute atomic E-state index is 13.6. The molecular formula is C13H21FN2O3S. The van der Waals surface area contributed by atoms with E-state index in [2.05, 4.69) is 0 Å². The van der Waals surface area contributed by atoms with Crippen molar-refractivity contribution in [2.75, 3.05) is 39.3 Å². The van der Waals surface area contributed by atoms with Gasteiger partial charge in [-0.15, -0.1) is 0 Å². The lowest BCUT2D eigenvalue weighted by Crippen LogP contribution is -2.32. The van der Waals surface area contributed by atoms with Gasteiger partial charge in [0.05, 0.1) is 12.9 Å². The summed E-state index contributed by atoms with van der Waals surface area (Å²) >= 11 is 0. The normalized spacial score (nSPS) is 13.5. The number of likely N-dealkylation sites (N-methyl/N-ethyl adjacent to an activating group) is 1. The van der Waals surface area contributed by atoms with Gasteiger partial charge in [0.15, 0.2) is 11.6 Å². The monoisotopic (exact) mass is 304 g/mol. The van der Waals surface area contributed by atoms with Crippen molar-refractivity contribution in [3.63, 3.8) is 0 Å². The van der Waals surface area contributed by atoms with Crippen LogP contribution in [0, 0.1) is 5.82 Å².